The summed E-state index contributed by atoms with van der Waals surface area (Å²) in [5.74, 6) is -3.33. The molecule has 4 N–H and O–H groups in total. The highest BCUT2D eigenvalue weighted by molar-refractivity contribution is 8.01. The van der Waals surface area contributed by atoms with Crippen molar-refractivity contribution in [2.24, 2.45) is 0 Å². The summed E-state index contributed by atoms with van der Waals surface area (Å²) in [6, 6.07) is 10.4. The van der Waals surface area contributed by atoms with Crippen LogP contribution >= 0.6 is 11.8 Å². The van der Waals surface area contributed by atoms with E-state index in [-0.39, 0.29) is 16.9 Å². The molecule has 3 aromatic rings. The molecule has 2 saturated heterocycles. The second-order valence-electron chi connectivity index (χ2n) is 9.57. The number of phenols is 1. The fourth-order valence-electron chi connectivity index (χ4n) is 4.79. The first-order valence-corrected chi connectivity index (χ1v) is 12.5. The number of nitrogens with zero attached hydrogens (tertiary/aromatic N) is 1. The van der Waals surface area contributed by atoms with E-state index in [4.69, 9.17) is 4.42 Å². The van der Waals surface area contributed by atoms with Crippen molar-refractivity contribution in [2.75, 3.05) is 0 Å². The van der Waals surface area contributed by atoms with Crippen LogP contribution in [-0.4, -0.2) is 61.0 Å². The smallest absolute Gasteiger partial charge is 0.349 e. The van der Waals surface area contributed by atoms with Crippen LogP contribution in [0.3, 0.4) is 0 Å². The van der Waals surface area contributed by atoms with E-state index in [1.54, 1.807) is 44.2 Å². The number of nitrogens with one attached hydrogen (secondary N) is 2. The quantitative estimate of drug-likeness (QED) is 0.270. The van der Waals surface area contributed by atoms with Crippen molar-refractivity contribution in [3.05, 3.63) is 76.1 Å². The number of hydrogen-bond acceptors (Lipinski definition) is 8. The molecule has 2 aliphatic rings. The normalized spacial score (nSPS) is 22.3. The highest BCUT2D eigenvalue weighted by Crippen LogP contribution is 2.50. The molecule has 0 bridgehead atoms. The zero-order valence-corrected chi connectivity index (χ0v) is 21.0. The lowest BCUT2D eigenvalue weighted by Gasteiger charge is -2.44. The van der Waals surface area contributed by atoms with Gasteiger partial charge in [-0.05, 0) is 37.6 Å². The van der Waals surface area contributed by atoms with Crippen molar-refractivity contribution in [3.63, 3.8) is 0 Å². The molecule has 0 radical (unpaired) electrons. The van der Waals surface area contributed by atoms with Crippen molar-refractivity contribution in [1.29, 1.82) is 0 Å². The third-order valence-electron chi connectivity index (χ3n) is 6.61. The van der Waals surface area contributed by atoms with Crippen LogP contribution in [0, 0.1) is 0 Å². The summed E-state index contributed by atoms with van der Waals surface area (Å²) < 4.78 is 4.40. The summed E-state index contributed by atoms with van der Waals surface area (Å²) in [5.41, 5.74) is -0.810. The van der Waals surface area contributed by atoms with Crippen LogP contribution in [0.4, 0.5) is 0 Å². The molecule has 0 unspecified atom stereocenters. The number of carbonyl (C=O) groups excluding carboxylic acids is 3. The van der Waals surface area contributed by atoms with Gasteiger partial charge in [-0.15, -0.1) is 11.8 Å². The minimum atomic E-state index is -1.27. The van der Waals surface area contributed by atoms with Gasteiger partial charge in [-0.3, -0.25) is 14.4 Å². The van der Waals surface area contributed by atoms with Crippen molar-refractivity contribution in [3.8, 4) is 5.75 Å². The SMILES string of the molecule is CC1(C)S[C@@H]2[C@H](NC(=O)[C@H](NC(=O)c3cc4ccc(O)cc4oc3=O)c3ccccc3)C(=O)N2[C@H]1C(=O)O. The van der Waals surface area contributed by atoms with Gasteiger partial charge in [0.1, 0.15) is 40.4 Å². The van der Waals surface area contributed by atoms with E-state index in [1.807, 2.05) is 0 Å². The number of fused-ring (bicyclic) bond motifs is 2. The lowest BCUT2D eigenvalue weighted by Crippen LogP contribution is -2.71. The van der Waals surface area contributed by atoms with E-state index in [9.17, 15) is 34.2 Å². The van der Waals surface area contributed by atoms with Crippen molar-refractivity contribution < 1.29 is 33.8 Å². The van der Waals surface area contributed by atoms with Gasteiger partial charge >= 0.3 is 11.6 Å². The van der Waals surface area contributed by atoms with Crippen LogP contribution in [0.25, 0.3) is 11.0 Å². The summed E-state index contributed by atoms with van der Waals surface area (Å²) in [7, 11) is 0. The van der Waals surface area contributed by atoms with Crippen LogP contribution in [-0.2, 0) is 14.4 Å². The van der Waals surface area contributed by atoms with E-state index in [1.165, 1.54) is 40.9 Å². The number of β-lactam (4-membered cyclic amide) rings is 1. The minimum Gasteiger partial charge on any atom is -0.508 e. The molecule has 11 nitrogen and oxygen atoms in total. The Labute approximate surface area is 219 Å². The number of carbonyl (C=O) groups is 4. The number of aliphatic carboxylic acids is 1. The molecule has 196 valence electrons. The van der Waals surface area contributed by atoms with Gasteiger partial charge in [-0.25, -0.2) is 9.59 Å². The van der Waals surface area contributed by atoms with Crippen molar-refractivity contribution in [1.82, 2.24) is 15.5 Å². The van der Waals surface area contributed by atoms with Crippen molar-refractivity contribution in [2.45, 2.75) is 42.1 Å². The van der Waals surface area contributed by atoms with Crippen LogP contribution in [0.15, 0.2) is 63.8 Å². The summed E-state index contributed by atoms with van der Waals surface area (Å²) in [4.78, 5) is 64.9. The van der Waals surface area contributed by atoms with Gasteiger partial charge < -0.3 is 30.2 Å². The molecule has 4 atom stereocenters. The van der Waals surface area contributed by atoms with Crippen LogP contribution in [0.2, 0.25) is 0 Å². The molecule has 3 heterocycles. The topological polar surface area (TPSA) is 166 Å². The summed E-state index contributed by atoms with van der Waals surface area (Å²) >= 11 is 1.28. The lowest BCUT2D eigenvalue weighted by molar-refractivity contribution is -0.161. The first kappa shape index (κ1) is 25.3. The lowest BCUT2D eigenvalue weighted by atomic mass is 9.95. The Kier molecular flexibility index (Phi) is 6.14. The number of rotatable bonds is 6. The van der Waals surface area contributed by atoms with Crippen LogP contribution in [0.5, 0.6) is 5.75 Å². The van der Waals surface area contributed by atoms with Gasteiger partial charge in [0.25, 0.3) is 5.91 Å². The minimum absolute atomic E-state index is 0.0913. The third-order valence-corrected chi connectivity index (χ3v) is 8.18. The Morgan fingerprint density at radius 1 is 1.08 bits per heavy atom. The second-order valence-corrected chi connectivity index (χ2v) is 11.3. The fourth-order valence-corrected chi connectivity index (χ4v) is 6.42. The van der Waals surface area contributed by atoms with Gasteiger partial charge in [0.15, 0.2) is 0 Å². The van der Waals surface area contributed by atoms with Gasteiger partial charge in [-0.1, -0.05) is 30.3 Å². The number of benzene rings is 2. The first-order chi connectivity index (χ1) is 18.0. The average Bonchev–Trinajstić information content (AvgIpc) is 3.13. The molecule has 12 heteroatoms. The monoisotopic (exact) mass is 537 g/mol. The first-order valence-electron chi connectivity index (χ1n) is 11.6. The standard InChI is InChI=1S/C26H23N3O8S/c1-26(2)19(24(34)35)29-22(33)18(23(29)38-26)28-21(32)17(12-6-4-3-5-7-12)27-20(31)15-10-13-8-9-14(30)11-16(13)37-25(15)36/h3-11,17-19,23,30H,1-2H3,(H,27,31)(H,28,32)(H,34,35)/t17-,18-,19+,23-/m1/s1. The third kappa shape index (κ3) is 4.26. The van der Waals surface area contributed by atoms with Gasteiger partial charge in [0, 0.05) is 16.2 Å². The molecule has 5 rings (SSSR count). The molecule has 1 aromatic heterocycles. The Bertz CT molecular complexity index is 1540. The number of thioether (sulfide) groups is 1. The number of carboxylic acid groups (broad SMARTS) is 1. The maximum absolute atomic E-state index is 13.4. The number of carboxylic acids is 1. The van der Waals surface area contributed by atoms with Crippen LogP contribution in [0.1, 0.15) is 35.8 Å². The number of phenolic OH excluding ortho intramolecular Hbond substituents is 1. The molecular weight excluding hydrogens is 514 g/mol. The molecule has 2 aliphatic heterocycles. The number of aromatic hydroxyl groups is 1. The van der Waals surface area contributed by atoms with Gasteiger partial charge in [0.05, 0.1) is 0 Å². The molecule has 0 aliphatic carbocycles. The maximum atomic E-state index is 13.4. The Morgan fingerprint density at radius 2 is 1.79 bits per heavy atom. The number of amides is 3. The predicted molar refractivity (Wildman–Crippen MR) is 136 cm³/mol. The second kappa shape index (κ2) is 9.21. The highest BCUT2D eigenvalue weighted by atomic mass is 32.2. The molecule has 38 heavy (non-hydrogen) atoms. The average molecular weight is 538 g/mol. The predicted octanol–water partition coefficient (Wildman–Crippen LogP) is 1.60. The zero-order valence-electron chi connectivity index (χ0n) is 20.2. The van der Waals surface area contributed by atoms with Crippen molar-refractivity contribution >= 4 is 46.4 Å². The van der Waals surface area contributed by atoms with Gasteiger partial charge in [0.2, 0.25) is 11.8 Å². The van der Waals surface area contributed by atoms with Crippen LogP contribution < -0.4 is 16.3 Å². The fraction of sp³-hybridized carbons (Fsp3) is 0.269. The Morgan fingerprint density at radius 3 is 2.47 bits per heavy atom. The summed E-state index contributed by atoms with van der Waals surface area (Å²) in [6.07, 6.45) is 0. The zero-order chi connectivity index (χ0) is 27.4. The van der Waals surface area contributed by atoms with E-state index < -0.39 is 57.6 Å². The maximum Gasteiger partial charge on any atom is 0.349 e. The van der Waals surface area contributed by atoms with E-state index >= 15 is 0 Å². The van der Waals surface area contributed by atoms with Gasteiger partial charge in [-0.2, -0.15) is 0 Å². The molecule has 0 spiro atoms. The van der Waals surface area contributed by atoms with E-state index in [2.05, 4.69) is 10.6 Å². The largest absolute Gasteiger partial charge is 0.508 e. The molecule has 2 aromatic carbocycles. The molecule has 0 saturated carbocycles. The van der Waals surface area contributed by atoms with E-state index in [0.717, 1.165) is 0 Å². The Balaban J connectivity index is 1.40. The number of hydrogen-bond donors (Lipinski definition) is 4. The summed E-state index contributed by atoms with van der Waals surface area (Å²) in [5, 5.41) is 24.2. The Hall–Kier alpha value is -4.32. The van der Waals surface area contributed by atoms with E-state index in [0.29, 0.717) is 10.9 Å². The molecule has 2 fully saturated rings. The highest BCUT2D eigenvalue weighted by Gasteiger charge is 2.64. The summed E-state index contributed by atoms with van der Waals surface area (Å²) in [6.45, 7) is 3.45. The molecule has 3 amide bonds. The molecular formula is C26H23N3O8S.